The summed E-state index contributed by atoms with van der Waals surface area (Å²) in [6.07, 6.45) is 0. The molecule has 0 aromatic heterocycles. The Kier molecular flexibility index (Phi) is 6.61. The lowest BCUT2D eigenvalue weighted by atomic mass is 10.1. The van der Waals surface area contributed by atoms with Gasteiger partial charge in [-0.05, 0) is 31.5 Å². The van der Waals surface area contributed by atoms with Crippen molar-refractivity contribution in [3.8, 4) is 5.75 Å². The van der Waals surface area contributed by atoms with Crippen molar-refractivity contribution in [2.75, 3.05) is 7.11 Å². The standard InChI is InChI=1S/C12H18N2O2.ClH/c1-8(13)12(15)14-9(2)10-4-6-11(16-3)7-5-10;/h4-9H,13H2,1-3H3,(H,14,15);1H/t8-,9?;/m1./s1. The van der Waals surface area contributed by atoms with Crippen molar-refractivity contribution in [1.82, 2.24) is 5.32 Å². The van der Waals surface area contributed by atoms with Crippen LogP contribution in [0.25, 0.3) is 0 Å². The Morgan fingerprint density at radius 1 is 1.29 bits per heavy atom. The smallest absolute Gasteiger partial charge is 0.237 e. The Hall–Kier alpha value is -1.26. The van der Waals surface area contributed by atoms with E-state index in [1.54, 1.807) is 14.0 Å². The number of carbonyl (C=O) groups is 1. The summed E-state index contributed by atoms with van der Waals surface area (Å²) in [5.41, 5.74) is 6.50. The predicted octanol–water partition coefficient (Wildman–Crippen LogP) is 1.64. The van der Waals surface area contributed by atoms with Crippen LogP contribution in [0.2, 0.25) is 0 Å². The lowest BCUT2D eigenvalue weighted by Gasteiger charge is -2.16. The third-order valence-corrected chi connectivity index (χ3v) is 2.39. The summed E-state index contributed by atoms with van der Waals surface area (Å²) >= 11 is 0. The van der Waals surface area contributed by atoms with Gasteiger partial charge in [0.1, 0.15) is 5.75 Å². The number of ether oxygens (including phenoxy) is 1. The van der Waals surface area contributed by atoms with E-state index >= 15 is 0 Å². The molecule has 0 fully saturated rings. The number of rotatable bonds is 4. The van der Waals surface area contributed by atoms with Crippen LogP contribution < -0.4 is 15.8 Å². The van der Waals surface area contributed by atoms with Crippen LogP contribution in [0.5, 0.6) is 5.75 Å². The summed E-state index contributed by atoms with van der Waals surface area (Å²) in [6.45, 7) is 3.58. The highest BCUT2D eigenvalue weighted by molar-refractivity contribution is 5.85. The number of halogens is 1. The van der Waals surface area contributed by atoms with Crippen molar-refractivity contribution in [1.29, 1.82) is 0 Å². The first kappa shape index (κ1) is 15.7. The van der Waals surface area contributed by atoms with Gasteiger partial charge in [-0.15, -0.1) is 12.4 Å². The average molecular weight is 259 g/mol. The molecule has 5 heteroatoms. The second-order valence-corrected chi connectivity index (χ2v) is 3.79. The molecule has 1 aromatic carbocycles. The molecule has 1 amide bonds. The fraction of sp³-hybridized carbons (Fsp3) is 0.417. The Morgan fingerprint density at radius 3 is 2.24 bits per heavy atom. The van der Waals surface area contributed by atoms with E-state index in [0.29, 0.717) is 0 Å². The van der Waals surface area contributed by atoms with Crippen molar-refractivity contribution >= 4 is 18.3 Å². The van der Waals surface area contributed by atoms with Gasteiger partial charge in [-0.25, -0.2) is 0 Å². The highest BCUT2D eigenvalue weighted by Crippen LogP contribution is 2.17. The van der Waals surface area contributed by atoms with E-state index in [0.717, 1.165) is 11.3 Å². The molecule has 0 bridgehead atoms. The zero-order valence-corrected chi connectivity index (χ0v) is 11.1. The minimum atomic E-state index is -0.485. The molecule has 17 heavy (non-hydrogen) atoms. The van der Waals surface area contributed by atoms with Gasteiger partial charge in [0.25, 0.3) is 0 Å². The number of nitrogens with two attached hydrogens (primary N) is 1. The van der Waals surface area contributed by atoms with Crippen molar-refractivity contribution < 1.29 is 9.53 Å². The Bertz CT molecular complexity index is 352. The van der Waals surface area contributed by atoms with Gasteiger partial charge in [0.2, 0.25) is 5.91 Å². The second-order valence-electron chi connectivity index (χ2n) is 3.79. The molecule has 0 aliphatic carbocycles. The van der Waals surface area contributed by atoms with Gasteiger partial charge in [-0.3, -0.25) is 4.79 Å². The van der Waals surface area contributed by atoms with Crippen LogP contribution in [0.3, 0.4) is 0 Å². The van der Waals surface area contributed by atoms with Crippen LogP contribution in [0.4, 0.5) is 0 Å². The van der Waals surface area contributed by atoms with Crippen molar-refractivity contribution in [2.24, 2.45) is 5.73 Å². The highest BCUT2D eigenvalue weighted by atomic mass is 35.5. The number of nitrogens with one attached hydrogen (secondary N) is 1. The fourth-order valence-corrected chi connectivity index (χ4v) is 1.32. The molecule has 0 saturated heterocycles. The Morgan fingerprint density at radius 2 is 1.82 bits per heavy atom. The quantitative estimate of drug-likeness (QED) is 0.863. The number of carbonyl (C=O) groups excluding carboxylic acids is 1. The van der Waals surface area contributed by atoms with E-state index in [4.69, 9.17) is 10.5 Å². The molecule has 0 radical (unpaired) electrons. The van der Waals surface area contributed by atoms with Crippen molar-refractivity contribution in [2.45, 2.75) is 25.9 Å². The lowest BCUT2D eigenvalue weighted by Crippen LogP contribution is -2.39. The summed E-state index contributed by atoms with van der Waals surface area (Å²) in [5.74, 6) is 0.651. The van der Waals surface area contributed by atoms with E-state index < -0.39 is 6.04 Å². The molecular weight excluding hydrogens is 240 g/mol. The summed E-state index contributed by atoms with van der Waals surface area (Å²) < 4.78 is 5.06. The van der Waals surface area contributed by atoms with E-state index in [1.165, 1.54) is 0 Å². The molecule has 0 saturated carbocycles. The zero-order valence-electron chi connectivity index (χ0n) is 10.3. The van der Waals surface area contributed by atoms with Crippen LogP contribution in [0.1, 0.15) is 25.5 Å². The monoisotopic (exact) mass is 258 g/mol. The zero-order chi connectivity index (χ0) is 12.1. The van der Waals surface area contributed by atoms with Crippen LogP contribution in [-0.2, 0) is 4.79 Å². The lowest BCUT2D eigenvalue weighted by molar-refractivity contribution is -0.122. The Balaban J connectivity index is 0.00000256. The van der Waals surface area contributed by atoms with Crippen molar-refractivity contribution in [3.05, 3.63) is 29.8 Å². The van der Waals surface area contributed by atoms with Gasteiger partial charge in [0, 0.05) is 0 Å². The minimum absolute atomic E-state index is 0. The fourth-order valence-electron chi connectivity index (χ4n) is 1.32. The third kappa shape index (κ3) is 4.63. The molecule has 0 heterocycles. The van der Waals surface area contributed by atoms with Crippen LogP contribution >= 0.6 is 12.4 Å². The first-order chi connectivity index (χ1) is 7.54. The summed E-state index contributed by atoms with van der Waals surface area (Å²) in [7, 11) is 1.62. The van der Waals surface area contributed by atoms with E-state index in [9.17, 15) is 4.79 Å². The molecule has 4 nitrogen and oxygen atoms in total. The van der Waals surface area contributed by atoms with Gasteiger partial charge >= 0.3 is 0 Å². The number of hydrogen-bond donors (Lipinski definition) is 2. The van der Waals surface area contributed by atoms with Crippen LogP contribution in [-0.4, -0.2) is 19.1 Å². The van der Waals surface area contributed by atoms with E-state index in [1.807, 2.05) is 31.2 Å². The van der Waals surface area contributed by atoms with E-state index in [2.05, 4.69) is 5.32 Å². The largest absolute Gasteiger partial charge is 0.497 e. The van der Waals surface area contributed by atoms with Crippen LogP contribution in [0, 0.1) is 0 Å². The maximum atomic E-state index is 11.4. The van der Waals surface area contributed by atoms with Gasteiger partial charge in [-0.2, -0.15) is 0 Å². The van der Waals surface area contributed by atoms with Crippen LogP contribution in [0.15, 0.2) is 24.3 Å². The Labute approximate surface area is 108 Å². The first-order valence-electron chi connectivity index (χ1n) is 5.24. The van der Waals surface area contributed by atoms with Gasteiger partial charge in [0.05, 0.1) is 19.2 Å². The first-order valence-corrected chi connectivity index (χ1v) is 5.24. The highest BCUT2D eigenvalue weighted by Gasteiger charge is 2.12. The molecule has 1 rings (SSSR count). The number of amides is 1. The van der Waals surface area contributed by atoms with Gasteiger partial charge in [0.15, 0.2) is 0 Å². The van der Waals surface area contributed by atoms with Crippen molar-refractivity contribution in [3.63, 3.8) is 0 Å². The molecule has 1 unspecified atom stereocenters. The predicted molar refractivity (Wildman–Crippen MR) is 70.4 cm³/mol. The molecule has 3 N–H and O–H groups in total. The minimum Gasteiger partial charge on any atom is -0.497 e. The molecule has 96 valence electrons. The number of hydrogen-bond acceptors (Lipinski definition) is 3. The molecule has 1 aromatic rings. The maximum absolute atomic E-state index is 11.4. The average Bonchev–Trinajstić information content (AvgIpc) is 2.28. The topological polar surface area (TPSA) is 64.3 Å². The number of methoxy groups -OCH3 is 1. The third-order valence-electron chi connectivity index (χ3n) is 2.39. The molecular formula is C12H19ClN2O2. The second kappa shape index (κ2) is 7.14. The molecule has 2 atom stereocenters. The normalized spacial score (nSPS) is 13.2. The summed E-state index contributed by atoms with van der Waals surface area (Å²) in [4.78, 5) is 11.4. The van der Waals surface area contributed by atoms with E-state index in [-0.39, 0.29) is 24.4 Å². The maximum Gasteiger partial charge on any atom is 0.237 e. The molecule has 0 aliphatic rings. The SMILES string of the molecule is COc1ccc(C(C)NC(=O)[C@@H](C)N)cc1.Cl. The summed E-state index contributed by atoms with van der Waals surface area (Å²) in [5, 5.41) is 2.83. The summed E-state index contributed by atoms with van der Waals surface area (Å²) in [6, 6.07) is 7.04. The number of benzene rings is 1. The molecule has 0 aliphatic heterocycles. The van der Waals surface area contributed by atoms with Gasteiger partial charge in [-0.1, -0.05) is 12.1 Å². The molecule has 0 spiro atoms. The van der Waals surface area contributed by atoms with Gasteiger partial charge < -0.3 is 15.8 Å².